The summed E-state index contributed by atoms with van der Waals surface area (Å²) in [5.41, 5.74) is 5.29. The largest absolute Gasteiger partial charge is 0.396 e. The van der Waals surface area contributed by atoms with Gasteiger partial charge in [0.2, 0.25) is 0 Å². The molecule has 1 aliphatic carbocycles. The fourth-order valence-electron chi connectivity index (χ4n) is 2.10. The number of hydrogen-bond donors (Lipinski definition) is 1. The van der Waals surface area contributed by atoms with Gasteiger partial charge in [0.25, 0.3) is 5.56 Å². The van der Waals surface area contributed by atoms with E-state index in [2.05, 4.69) is 0 Å². The van der Waals surface area contributed by atoms with E-state index < -0.39 is 11.6 Å². The average Bonchev–Trinajstić information content (AvgIpc) is 3.09. The molecule has 2 aromatic rings. The van der Waals surface area contributed by atoms with Gasteiger partial charge in [0.15, 0.2) is 5.82 Å². The molecule has 1 fully saturated rings. The lowest BCUT2D eigenvalue weighted by Gasteiger charge is -2.11. The molecule has 88 valence electrons. The summed E-state index contributed by atoms with van der Waals surface area (Å²) in [7, 11) is 0. The van der Waals surface area contributed by atoms with Gasteiger partial charge in [-0.15, -0.1) is 0 Å². The van der Waals surface area contributed by atoms with E-state index in [9.17, 15) is 13.6 Å². The zero-order valence-corrected chi connectivity index (χ0v) is 8.91. The van der Waals surface area contributed by atoms with Gasteiger partial charge in [-0.1, -0.05) is 0 Å². The maximum Gasteiger partial charge on any atom is 0.251 e. The molecule has 0 spiro atoms. The van der Waals surface area contributed by atoms with Crippen LogP contribution in [0, 0.1) is 11.6 Å². The van der Waals surface area contributed by atoms with Gasteiger partial charge < -0.3 is 10.3 Å². The Bertz CT molecular complexity index is 674. The second-order valence-electron chi connectivity index (χ2n) is 4.29. The van der Waals surface area contributed by atoms with Gasteiger partial charge >= 0.3 is 0 Å². The highest BCUT2D eigenvalue weighted by Gasteiger charge is 2.27. The molecule has 3 rings (SSSR count). The minimum absolute atomic E-state index is 0.0190. The number of anilines is 1. The van der Waals surface area contributed by atoms with Gasteiger partial charge in [-0.3, -0.25) is 4.79 Å². The molecule has 0 atom stereocenters. The van der Waals surface area contributed by atoms with Crippen LogP contribution in [-0.2, 0) is 0 Å². The van der Waals surface area contributed by atoms with E-state index in [-0.39, 0.29) is 28.2 Å². The molecule has 5 heteroatoms. The van der Waals surface area contributed by atoms with Crippen LogP contribution in [0.2, 0.25) is 0 Å². The van der Waals surface area contributed by atoms with Crippen molar-refractivity contribution in [3.63, 3.8) is 0 Å². The fraction of sp³-hybridized carbons (Fsp3) is 0.250. The van der Waals surface area contributed by atoms with E-state index in [1.54, 1.807) is 0 Å². The fourth-order valence-corrected chi connectivity index (χ4v) is 2.10. The van der Waals surface area contributed by atoms with Crippen molar-refractivity contribution < 1.29 is 8.78 Å². The van der Waals surface area contributed by atoms with Crippen LogP contribution in [0.15, 0.2) is 23.0 Å². The molecule has 2 N–H and O–H groups in total. The third-order valence-corrected chi connectivity index (χ3v) is 3.07. The van der Waals surface area contributed by atoms with Gasteiger partial charge in [0.1, 0.15) is 5.82 Å². The molecule has 0 saturated heterocycles. The standard InChI is InChI=1S/C12H10F2N2O/c13-8-5-9(14)12-7(11(8)15)3-4-10(17)16(12)6-1-2-6/h3-6H,1-2,15H2. The molecule has 17 heavy (non-hydrogen) atoms. The van der Waals surface area contributed by atoms with Gasteiger partial charge in [0.05, 0.1) is 11.2 Å². The number of nitrogen functional groups attached to an aromatic ring is 1. The Kier molecular flexibility index (Phi) is 1.98. The van der Waals surface area contributed by atoms with Crippen molar-refractivity contribution in [2.24, 2.45) is 0 Å². The lowest BCUT2D eigenvalue weighted by Crippen LogP contribution is -2.19. The topological polar surface area (TPSA) is 48.0 Å². The number of halogens is 2. The van der Waals surface area contributed by atoms with Crippen molar-refractivity contribution in [2.45, 2.75) is 18.9 Å². The predicted molar refractivity (Wildman–Crippen MR) is 60.8 cm³/mol. The number of aromatic nitrogens is 1. The van der Waals surface area contributed by atoms with Crippen LogP contribution in [0.5, 0.6) is 0 Å². The van der Waals surface area contributed by atoms with E-state index in [1.165, 1.54) is 16.7 Å². The van der Waals surface area contributed by atoms with Crippen molar-refractivity contribution in [3.8, 4) is 0 Å². The van der Waals surface area contributed by atoms with Crippen molar-refractivity contribution in [1.82, 2.24) is 4.57 Å². The Hall–Kier alpha value is -1.91. The Morgan fingerprint density at radius 1 is 1.24 bits per heavy atom. The molecular formula is C12H10F2N2O. The molecule has 0 aliphatic heterocycles. The molecule has 0 radical (unpaired) electrons. The number of benzene rings is 1. The van der Waals surface area contributed by atoms with Crippen LogP contribution in [0.4, 0.5) is 14.5 Å². The number of nitrogens with zero attached hydrogens (tertiary/aromatic N) is 1. The Morgan fingerprint density at radius 3 is 2.59 bits per heavy atom. The Morgan fingerprint density at radius 2 is 1.94 bits per heavy atom. The normalized spacial score (nSPS) is 15.4. The molecular weight excluding hydrogens is 226 g/mol. The lowest BCUT2D eigenvalue weighted by molar-refractivity contribution is 0.584. The van der Waals surface area contributed by atoms with Crippen LogP contribution in [0.1, 0.15) is 18.9 Å². The zero-order valence-electron chi connectivity index (χ0n) is 8.91. The highest BCUT2D eigenvalue weighted by atomic mass is 19.1. The number of nitrogens with two attached hydrogens (primary N) is 1. The van der Waals surface area contributed by atoms with Crippen LogP contribution in [0.25, 0.3) is 10.9 Å². The first-order valence-corrected chi connectivity index (χ1v) is 5.38. The van der Waals surface area contributed by atoms with E-state index in [0.29, 0.717) is 0 Å². The second kappa shape index (κ2) is 3.29. The highest BCUT2D eigenvalue weighted by Crippen LogP contribution is 2.37. The lowest BCUT2D eigenvalue weighted by atomic mass is 10.1. The van der Waals surface area contributed by atoms with Crippen molar-refractivity contribution >= 4 is 16.6 Å². The average molecular weight is 236 g/mol. The summed E-state index contributed by atoms with van der Waals surface area (Å²) in [6, 6.07) is 3.43. The monoisotopic (exact) mass is 236 g/mol. The summed E-state index contributed by atoms with van der Waals surface area (Å²) in [4.78, 5) is 11.7. The van der Waals surface area contributed by atoms with E-state index >= 15 is 0 Å². The molecule has 1 aromatic heterocycles. The van der Waals surface area contributed by atoms with Gasteiger partial charge in [0, 0.05) is 23.6 Å². The SMILES string of the molecule is Nc1c(F)cc(F)c2c1ccc(=O)n2C1CC1. The van der Waals surface area contributed by atoms with Crippen molar-refractivity contribution in [2.75, 3.05) is 5.73 Å². The minimum atomic E-state index is -0.795. The Labute approximate surface area is 95.5 Å². The smallest absolute Gasteiger partial charge is 0.251 e. The number of pyridine rings is 1. The third kappa shape index (κ3) is 1.42. The van der Waals surface area contributed by atoms with Crippen LogP contribution in [0.3, 0.4) is 0 Å². The maximum absolute atomic E-state index is 13.8. The number of rotatable bonds is 1. The summed E-state index contributed by atoms with van der Waals surface area (Å²) in [6.07, 6.45) is 1.69. The summed E-state index contributed by atoms with van der Waals surface area (Å²) >= 11 is 0. The first-order chi connectivity index (χ1) is 8.09. The quantitative estimate of drug-likeness (QED) is 0.771. The van der Waals surface area contributed by atoms with E-state index in [1.807, 2.05) is 0 Å². The summed E-state index contributed by atoms with van der Waals surface area (Å²) in [5, 5.41) is 0.258. The molecule has 1 saturated carbocycles. The second-order valence-corrected chi connectivity index (χ2v) is 4.29. The van der Waals surface area contributed by atoms with Crippen LogP contribution < -0.4 is 11.3 Å². The van der Waals surface area contributed by atoms with Gasteiger partial charge in [-0.25, -0.2) is 8.78 Å². The molecule has 0 unspecified atom stereocenters. The minimum Gasteiger partial charge on any atom is -0.396 e. The number of fused-ring (bicyclic) bond motifs is 1. The molecule has 1 aliphatic rings. The summed E-state index contributed by atoms with van der Waals surface area (Å²) in [5.74, 6) is -1.53. The molecule has 0 amide bonds. The molecule has 1 aromatic carbocycles. The van der Waals surface area contributed by atoms with Gasteiger partial charge in [-0.2, -0.15) is 0 Å². The number of hydrogen-bond acceptors (Lipinski definition) is 2. The zero-order chi connectivity index (χ0) is 12.2. The van der Waals surface area contributed by atoms with Crippen molar-refractivity contribution in [3.05, 3.63) is 40.2 Å². The van der Waals surface area contributed by atoms with Crippen LogP contribution in [-0.4, -0.2) is 4.57 Å². The third-order valence-electron chi connectivity index (χ3n) is 3.07. The van der Waals surface area contributed by atoms with E-state index in [0.717, 1.165) is 18.9 Å². The van der Waals surface area contributed by atoms with Crippen molar-refractivity contribution in [1.29, 1.82) is 0 Å². The molecule has 3 nitrogen and oxygen atoms in total. The molecule has 1 heterocycles. The van der Waals surface area contributed by atoms with Gasteiger partial charge in [-0.05, 0) is 18.9 Å². The van der Waals surface area contributed by atoms with Crippen LogP contribution >= 0.6 is 0 Å². The Balaban J connectivity index is 2.50. The predicted octanol–water partition coefficient (Wildman–Crippen LogP) is 2.20. The first kappa shape index (κ1) is 10.3. The maximum atomic E-state index is 13.8. The summed E-state index contributed by atoms with van der Waals surface area (Å²) < 4.78 is 28.5. The van der Waals surface area contributed by atoms with E-state index in [4.69, 9.17) is 5.73 Å². The first-order valence-electron chi connectivity index (χ1n) is 5.38. The molecule has 0 bridgehead atoms. The highest BCUT2D eigenvalue weighted by molar-refractivity contribution is 5.91. The summed E-state index contributed by atoms with van der Waals surface area (Å²) in [6.45, 7) is 0.